The number of nitrogens with zero attached hydrogens (tertiary/aromatic N) is 1. The van der Waals surface area contributed by atoms with Crippen molar-refractivity contribution in [3.8, 4) is 0 Å². The molecule has 5 nitrogen and oxygen atoms in total. The fourth-order valence-electron chi connectivity index (χ4n) is 2.65. The molecule has 0 bridgehead atoms. The van der Waals surface area contributed by atoms with Crippen molar-refractivity contribution in [1.29, 1.82) is 0 Å². The number of hydrogen-bond donors (Lipinski definition) is 1. The Morgan fingerprint density at radius 1 is 1.08 bits per heavy atom. The third-order valence-corrected chi connectivity index (χ3v) is 5.30. The summed E-state index contributed by atoms with van der Waals surface area (Å²) in [6.07, 6.45) is 1.16. The summed E-state index contributed by atoms with van der Waals surface area (Å²) in [4.78, 5) is 12.2. The summed E-state index contributed by atoms with van der Waals surface area (Å²) in [7, 11) is -3.48. The second-order valence-electron chi connectivity index (χ2n) is 5.81. The van der Waals surface area contributed by atoms with Gasteiger partial charge in [-0.05, 0) is 37.1 Å². The van der Waals surface area contributed by atoms with E-state index in [9.17, 15) is 13.2 Å². The van der Waals surface area contributed by atoms with Crippen LogP contribution in [0.25, 0.3) is 0 Å². The van der Waals surface area contributed by atoms with E-state index in [1.54, 1.807) is 24.3 Å². The van der Waals surface area contributed by atoms with Gasteiger partial charge in [0.2, 0.25) is 10.0 Å². The van der Waals surface area contributed by atoms with E-state index in [0.717, 1.165) is 17.4 Å². The van der Waals surface area contributed by atoms with E-state index in [1.807, 2.05) is 32.0 Å². The molecule has 0 radical (unpaired) electrons. The number of sulfonamides is 1. The molecule has 0 aliphatic heterocycles. The lowest BCUT2D eigenvalue weighted by atomic mass is 10.1. The average molecular weight is 381 g/mol. The summed E-state index contributed by atoms with van der Waals surface area (Å²) in [6, 6.07) is 12.3. The van der Waals surface area contributed by atoms with E-state index in [2.05, 4.69) is 5.32 Å². The molecule has 25 heavy (non-hydrogen) atoms. The number of carbonyl (C=O) groups excluding carboxylic acids is 1. The van der Waals surface area contributed by atoms with E-state index >= 15 is 0 Å². The van der Waals surface area contributed by atoms with Crippen molar-refractivity contribution >= 4 is 33.2 Å². The molecule has 2 aromatic carbocycles. The van der Waals surface area contributed by atoms with Gasteiger partial charge in [-0.2, -0.15) is 0 Å². The Morgan fingerprint density at radius 3 is 2.24 bits per heavy atom. The number of hydrogen-bond acceptors (Lipinski definition) is 3. The Morgan fingerprint density at radius 2 is 1.68 bits per heavy atom. The Labute approximate surface area is 153 Å². The second kappa shape index (κ2) is 7.89. The van der Waals surface area contributed by atoms with E-state index in [1.165, 1.54) is 4.31 Å². The van der Waals surface area contributed by atoms with Gasteiger partial charge in [0.05, 0.1) is 29.1 Å². The van der Waals surface area contributed by atoms with E-state index in [0.29, 0.717) is 16.3 Å². The lowest BCUT2D eigenvalue weighted by Gasteiger charge is -2.26. The van der Waals surface area contributed by atoms with Crippen LogP contribution in [-0.4, -0.2) is 33.7 Å². The lowest BCUT2D eigenvalue weighted by molar-refractivity contribution is 0.0955. The highest BCUT2D eigenvalue weighted by Crippen LogP contribution is 2.26. The largest absolute Gasteiger partial charge is 0.350 e. The zero-order valence-electron chi connectivity index (χ0n) is 14.4. The van der Waals surface area contributed by atoms with Crippen LogP contribution >= 0.6 is 11.6 Å². The second-order valence-corrected chi connectivity index (χ2v) is 8.13. The van der Waals surface area contributed by atoms with Crippen molar-refractivity contribution < 1.29 is 13.2 Å². The van der Waals surface area contributed by atoms with Crippen molar-refractivity contribution in [3.05, 3.63) is 64.2 Å². The summed E-state index contributed by atoms with van der Waals surface area (Å²) >= 11 is 6.00. The Balaban J connectivity index is 2.15. The molecule has 7 heteroatoms. The molecule has 0 aromatic heterocycles. The van der Waals surface area contributed by atoms with Crippen molar-refractivity contribution in [2.45, 2.75) is 13.8 Å². The van der Waals surface area contributed by atoms with Crippen LogP contribution < -0.4 is 9.62 Å². The van der Waals surface area contributed by atoms with Gasteiger partial charge in [-0.1, -0.05) is 41.9 Å². The monoisotopic (exact) mass is 380 g/mol. The van der Waals surface area contributed by atoms with Gasteiger partial charge in [-0.15, -0.1) is 0 Å². The van der Waals surface area contributed by atoms with Crippen molar-refractivity contribution in [2.75, 3.05) is 23.7 Å². The number of para-hydroxylation sites is 1. The van der Waals surface area contributed by atoms with Crippen LogP contribution in [-0.2, 0) is 10.0 Å². The molecule has 0 saturated carbocycles. The van der Waals surface area contributed by atoms with Crippen LogP contribution in [0.15, 0.2) is 42.5 Å². The third-order valence-electron chi connectivity index (χ3n) is 3.81. The molecular weight excluding hydrogens is 360 g/mol. The van der Waals surface area contributed by atoms with E-state index in [4.69, 9.17) is 11.6 Å². The molecule has 0 saturated heterocycles. The number of rotatable bonds is 6. The van der Waals surface area contributed by atoms with E-state index < -0.39 is 10.0 Å². The molecule has 0 unspecified atom stereocenters. The van der Waals surface area contributed by atoms with Gasteiger partial charge in [0.1, 0.15) is 0 Å². The summed E-state index contributed by atoms with van der Waals surface area (Å²) in [5.41, 5.74) is 2.74. The fourth-order valence-corrected chi connectivity index (χ4v) is 3.92. The zero-order chi connectivity index (χ0) is 18.6. The first-order valence-corrected chi connectivity index (χ1v) is 10.0. The summed E-state index contributed by atoms with van der Waals surface area (Å²) < 4.78 is 25.8. The van der Waals surface area contributed by atoms with Gasteiger partial charge in [0.15, 0.2) is 0 Å². The van der Waals surface area contributed by atoms with Gasteiger partial charge < -0.3 is 5.32 Å². The Kier molecular flexibility index (Phi) is 6.08. The third kappa shape index (κ3) is 4.74. The predicted molar refractivity (Wildman–Crippen MR) is 102 cm³/mol. The fraction of sp³-hybridized carbons (Fsp3) is 0.278. The highest BCUT2D eigenvalue weighted by molar-refractivity contribution is 7.92. The van der Waals surface area contributed by atoms with Crippen LogP contribution in [0.4, 0.5) is 5.69 Å². The van der Waals surface area contributed by atoms with Gasteiger partial charge in [0.25, 0.3) is 5.91 Å². The first-order valence-electron chi connectivity index (χ1n) is 7.78. The number of carbonyl (C=O) groups is 1. The van der Waals surface area contributed by atoms with Gasteiger partial charge >= 0.3 is 0 Å². The molecule has 0 aliphatic carbocycles. The number of benzene rings is 2. The molecule has 134 valence electrons. The van der Waals surface area contributed by atoms with E-state index in [-0.39, 0.29) is 19.0 Å². The van der Waals surface area contributed by atoms with Crippen LogP contribution in [0.2, 0.25) is 5.02 Å². The smallest absolute Gasteiger partial charge is 0.252 e. The number of amides is 1. The van der Waals surface area contributed by atoms with Crippen LogP contribution in [0.5, 0.6) is 0 Å². The maximum Gasteiger partial charge on any atom is 0.252 e. The van der Waals surface area contributed by atoms with Crippen molar-refractivity contribution in [2.24, 2.45) is 0 Å². The van der Waals surface area contributed by atoms with Crippen LogP contribution in [0.3, 0.4) is 0 Å². The molecule has 0 aliphatic rings. The molecule has 1 N–H and O–H groups in total. The maximum atomic E-state index is 12.2. The first kappa shape index (κ1) is 19.3. The minimum atomic E-state index is -3.48. The standard InChI is InChI=1S/C18H21ClN2O3S/c1-13-7-6-8-14(2)17(13)21(25(3,23)24)12-11-20-18(22)15-9-4-5-10-16(15)19/h4-10H,11-12H2,1-3H3,(H,20,22). The number of nitrogens with one attached hydrogen (secondary N) is 1. The molecular formula is C18H21ClN2O3S. The molecule has 2 aromatic rings. The highest BCUT2D eigenvalue weighted by atomic mass is 35.5. The SMILES string of the molecule is Cc1cccc(C)c1N(CCNC(=O)c1ccccc1Cl)S(C)(=O)=O. The van der Waals surface area contributed by atoms with Gasteiger partial charge in [-0.25, -0.2) is 8.42 Å². The average Bonchev–Trinajstić information content (AvgIpc) is 2.52. The minimum Gasteiger partial charge on any atom is -0.350 e. The van der Waals surface area contributed by atoms with Crippen LogP contribution in [0.1, 0.15) is 21.5 Å². The minimum absolute atomic E-state index is 0.140. The Hall–Kier alpha value is -2.05. The number of anilines is 1. The van der Waals surface area contributed by atoms with Crippen LogP contribution in [0, 0.1) is 13.8 Å². The topological polar surface area (TPSA) is 66.5 Å². The molecule has 1 amide bonds. The molecule has 0 heterocycles. The first-order chi connectivity index (χ1) is 11.7. The van der Waals surface area contributed by atoms with Gasteiger partial charge in [0, 0.05) is 6.54 Å². The summed E-state index contributed by atoms with van der Waals surface area (Å²) in [5, 5.41) is 3.08. The Bertz CT molecular complexity index is 861. The molecule has 0 fully saturated rings. The van der Waals surface area contributed by atoms with Gasteiger partial charge in [-0.3, -0.25) is 9.10 Å². The maximum absolute atomic E-state index is 12.2. The zero-order valence-corrected chi connectivity index (χ0v) is 16.0. The van der Waals surface area contributed by atoms with Crippen molar-refractivity contribution in [3.63, 3.8) is 0 Å². The number of halogens is 1. The molecule has 0 spiro atoms. The van der Waals surface area contributed by atoms with Crippen molar-refractivity contribution in [1.82, 2.24) is 5.32 Å². The lowest BCUT2D eigenvalue weighted by Crippen LogP contribution is -2.39. The quantitative estimate of drug-likeness (QED) is 0.837. The molecule has 0 atom stereocenters. The highest BCUT2D eigenvalue weighted by Gasteiger charge is 2.21. The normalized spacial score (nSPS) is 11.2. The summed E-state index contributed by atoms with van der Waals surface area (Å²) in [6.45, 7) is 4.04. The number of aryl methyl sites for hydroxylation is 2. The molecule has 2 rings (SSSR count). The predicted octanol–water partition coefficient (Wildman–Crippen LogP) is 3.15. The summed E-state index contributed by atoms with van der Waals surface area (Å²) in [5.74, 6) is -0.333.